The van der Waals surface area contributed by atoms with Crippen LogP contribution in [0.2, 0.25) is 0 Å². The molecule has 0 radical (unpaired) electrons. The van der Waals surface area contributed by atoms with Crippen molar-refractivity contribution in [3.05, 3.63) is 47.3 Å². The number of benzene rings is 1. The molecule has 3 rings (SSSR count). The highest BCUT2D eigenvalue weighted by atomic mass is 32.1. The second-order valence-corrected chi connectivity index (χ2v) is 7.83. The van der Waals surface area contributed by atoms with Gasteiger partial charge in [0.1, 0.15) is 0 Å². The van der Waals surface area contributed by atoms with E-state index in [1.807, 2.05) is 18.4 Å². The van der Waals surface area contributed by atoms with Crippen molar-refractivity contribution in [1.29, 1.82) is 0 Å². The van der Waals surface area contributed by atoms with Gasteiger partial charge in [0, 0.05) is 52.1 Å². The second-order valence-electron chi connectivity index (χ2n) is 6.90. The van der Waals surface area contributed by atoms with Crippen molar-refractivity contribution in [3.63, 3.8) is 0 Å². The first-order chi connectivity index (χ1) is 13.8. The molecule has 0 unspecified atom stereocenters. The molecule has 2 aromatic rings. The van der Waals surface area contributed by atoms with Gasteiger partial charge in [-0.25, -0.2) is 0 Å². The number of methoxy groups -OCH3 is 1. The quantitative estimate of drug-likeness (QED) is 0.360. The molecule has 6 nitrogen and oxygen atoms in total. The first-order valence-electron chi connectivity index (χ1n) is 9.86. The van der Waals surface area contributed by atoms with Crippen molar-refractivity contribution >= 4 is 28.0 Å². The van der Waals surface area contributed by atoms with Crippen LogP contribution < -0.4 is 20.9 Å². The van der Waals surface area contributed by atoms with Gasteiger partial charge in [-0.2, -0.15) is 0 Å². The minimum absolute atomic E-state index is 0.467. The van der Waals surface area contributed by atoms with E-state index < -0.39 is 0 Å². The molecular formula is C21H31N5OS. The average molecular weight is 402 g/mol. The highest BCUT2D eigenvalue weighted by Gasteiger charge is 2.20. The van der Waals surface area contributed by atoms with E-state index in [0.29, 0.717) is 12.6 Å². The van der Waals surface area contributed by atoms with Gasteiger partial charge in [-0.05, 0) is 48.1 Å². The maximum Gasteiger partial charge on any atom is 0.191 e. The molecule has 1 aromatic heterocycles. The monoisotopic (exact) mass is 401 g/mol. The molecular weight excluding hydrogens is 370 g/mol. The highest BCUT2D eigenvalue weighted by molar-refractivity contribution is 7.14. The summed E-state index contributed by atoms with van der Waals surface area (Å²) in [5, 5.41) is 13.9. The number of aliphatic imine (C=N–C) groups is 1. The van der Waals surface area contributed by atoms with Gasteiger partial charge in [0.25, 0.3) is 0 Å². The molecule has 1 aliphatic rings. The van der Waals surface area contributed by atoms with Gasteiger partial charge in [-0.1, -0.05) is 12.1 Å². The summed E-state index contributed by atoms with van der Waals surface area (Å²) in [5.41, 5.74) is 2.34. The van der Waals surface area contributed by atoms with Gasteiger partial charge >= 0.3 is 0 Å². The Labute approximate surface area is 172 Å². The summed E-state index contributed by atoms with van der Waals surface area (Å²) in [6.07, 6.45) is 2.25. The summed E-state index contributed by atoms with van der Waals surface area (Å²) >= 11 is 1.82. The lowest BCUT2D eigenvalue weighted by Crippen LogP contribution is -2.48. The molecule has 1 aliphatic heterocycles. The van der Waals surface area contributed by atoms with Crippen molar-refractivity contribution in [1.82, 2.24) is 10.6 Å². The molecule has 1 saturated heterocycles. The van der Waals surface area contributed by atoms with Crippen LogP contribution in [0.4, 0.5) is 10.7 Å². The normalized spacial score (nSPS) is 15.5. The summed E-state index contributed by atoms with van der Waals surface area (Å²) < 4.78 is 5.06. The van der Waals surface area contributed by atoms with E-state index >= 15 is 0 Å². The number of piperidine rings is 1. The van der Waals surface area contributed by atoms with Crippen LogP contribution in [-0.4, -0.2) is 52.4 Å². The lowest BCUT2D eigenvalue weighted by molar-refractivity contribution is 0.211. The lowest BCUT2D eigenvalue weighted by atomic mass is 10.1. The van der Waals surface area contributed by atoms with Gasteiger partial charge in [-0.15, -0.1) is 11.3 Å². The smallest absolute Gasteiger partial charge is 0.191 e. The van der Waals surface area contributed by atoms with Gasteiger partial charge < -0.3 is 25.6 Å². The third-order valence-electron chi connectivity index (χ3n) is 4.93. The molecule has 0 saturated carbocycles. The Hall–Kier alpha value is -2.25. The zero-order chi connectivity index (χ0) is 19.6. The standard InChI is InChI=1S/C21H31N5OS/c1-22-21(24-16-17-5-7-18(8-6-17)23-11-14-27-2)25-19-9-12-26(13-10-19)20-4-3-15-28-20/h3-8,15,19,23H,9-14,16H2,1-2H3,(H2,22,24,25). The third-order valence-corrected chi connectivity index (χ3v) is 5.86. The van der Waals surface area contributed by atoms with Crippen LogP contribution >= 0.6 is 11.3 Å². The number of anilines is 2. The number of thiophene rings is 1. The Morgan fingerprint density at radius 2 is 2.00 bits per heavy atom. The van der Waals surface area contributed by atoms with Crippen molar-refractivity contribution < 1.29 is 4.74 Å². The number of nitrogens with zero attached hydrogens (tertiary/aromatic N) is 2. The van der Waals surface area contributed by atoms with Crippen LogP contribution in [0.1, 0.15) is 18.4 Å². The summed E-state index contributed by atoms with van der Waals surface area (Å²) in [5.74, 6) is 0.872. The molecule has 7 heteroatoms. The van der Waals surface area contributed by atoms with Crippen molar-refractivity contribution in [2.75, 3.05) is 50.6 Å². The molecule has 0 aliphatic carbocycles. The number of nitrogens with one attached hydrogen (secondary N) is 3. The Morgan fingerprint density at radius 3 is 2.64 bits per heavy atom. The second kappa shape index (κ2) is 10.9. The zero-order valence-electron chi connectivity index (χ0n) is 16.8. The summed E-state index contributed by atoms with van der Waals surface area (Å²) in [6.45, 7) is 4.46. The van der Waals surface area contributed by atoms with Crippen molar-refractivity contribution in [2.45, 2.75) is 25.4 Å². The first kappa shape index (κ1) is 20.5. The lowest BCUT2D eigenvalue weighted by Gasteiger charge is -2.33. The van der Waals surface area contributed by atoms with Crippen LogP contribution in [0.3, 0.4) is 0 Å². The SMILES string of the molecule is CN=C(NCc1ccc(NCCOC)cc1)NC1CCN(c2cccs2)CC1. The molecule has 0 spiro atoms. The zero-order valence-corrected chi connectivity index (χ0v) is 17.6. The Bertz CT molecular complexity index is 709. The number of hydrogen-bond donors (Lipinski definition) is 3. The Balaban J connectivity index is 1.40. The molecule has 3 N–H and O–H groups in total. The molecule has 28 heavy (non-hydrogen) atoms. The van der Waals surface area contributed by atoms with E-state index in [9.17, 15) is 0 Å². The topological polar surface area (TPSA) is 60.9 Å². The van der Waals surface area contributed by atoms with Crippen LogP contribution in [0.15, 0.2) is 46.8 Å². The maximum absolute atomic E-state index is 5.06. The first-order valence-corrected chi connectivity index (χ1v) is 10.7. The number of ether oxygens (including phenoxy) is 1. The molecule has 0 bridgehead atoms. The Morgan fingerprint density at radius 1 is 1.21 bits per heavy atom. The van der Waals surface area contributed by atoms with Gasteiger partial charge in [-0.3, -0.25) is 4.99 Å². The molecule has 1 fully saturated rings. The predicted octanol–water partition coefficient (Wildman–Crippen LogP) is 3.14. The number of guanidine groups is 1. The van der Waals surface area contributed by atoms with E-state index in [1.54, 1.807) is 7.11 Å². The summed E-state index contributed by atoms with van der Waals surface area (Å²) in [4.78, 5) is 6.86. The predicted molar refractivity (Wildman–Crippen MR) is 120 cm³/mol. The van der Waals surface area contributed by atoms with Gasteiger partial charge in [0.15, 0.2) is 5.96 Å². The van der Waals surface area contributed by atoms with E-state index in [4.69, 9.17) is 4.74 Å². The molecule has 0 amide bonds. The average Bonchev–Trinajstić information content (AvgIpc) is 3.27. The molecule has 2 heterocycles. The van der Waals surface area contributed by atoms with Crippen LogP contribution in [0.5, 0.6) is 0 Å². The third kappa shape index (κ3) is 6.14. The van der Waals surface area contributed by atoms with E-state index in [-0.39, 0.29) is 0 Å². The van der Waals surface area contributed by atoms with Gasteiger partial charge in [0.2, 0.25) is 0 Å². The summed E-state index contributed by atoms with van der Waals surface area (Å²) in [6, 6.07) is 13.3. The van der Waals surface area contributed by atoms with E-state index in [2.05, 4.69) is 67.6 Å². The summed E-state index contributed by atoms with van der Waals surface area (Å²) in [7, 11) is 3.55. The van der Waals surface area contributed by atoms with Crippen LogP contribution in [0, 0.1) is 0 Å². The molecule has 1 aromatic carbocycles. The molecule has 152 valence electrons. The van der Waals surface area contributed by atoms with Crippen LogP contribution in [-0.2, 0) is 11.3 Å². The fourth-order valence-electron chi connectivity index (χ4n) is 3.31. The van der Waals surface area contributed by atoms with E-state index in [1.165, 1.54) is 10.6 Å². The number of hydrogen-bond acceptors (Lipinski definition) is 5. The van der Waals surface area contributed by atoms with Crippen LogP contribution in [0.25, 0.3) is 0 Å². The van der Waals surface area contributed by atoms with E-state index in [0.717, 1.165) is 50.7 Å². The van der Waals surface area contributed by atoms with Gasteiger partial charge in [0.05, 0.1) is 11.6 Å². The van der Waals surface area contributed by atoms with Crippen molar-refractivity contribution in [3.8, 4) is 0 Å². The minimum atomic E-state index is 0.467. The molecule has 0 atom stereocenters. The fraction of sp³-hybridized carbons (Fsp3) is 0.476. The minimum Gasteiger partial charge on any atom is -0.383 e. The fourth-order valence-corrected chi connectivity index (χ4v) is 4.09. The Kier molecular flexibility index (Phi) is 7.99. The maximum atomic E-state index is 5.06. The number of rotatable bonds is 8. The van der Waals surface area contributed by atoms with Crippen molar-refractivity contribution in [2.24, 2.45) is 4.99 Å². The highest BCUT2D eigenvalue weighted by Crippen LogP contribution is 2.24. The largest absolute Gasteiger partial charge is 0.383 e.